The highest BCUT2D eigenvalue weighted by atomic mass is 16.2. The lowest BCUT2D eigenvalue weighted by molar-refractivity contribution is -0.132. The van der Waals surface area contributed by atoms with Crippen molar-refractivity contribution < 1.29 is 9.59 Å². The third kappa shape index (κ3) is 5.49. The molecule has 1 fully saturated rings. The topological polar surface area (TPSA) is 84.2 Å². The van der Waals surface area contributed by atoms with E-state index in [1.807, 2.05) is 20.8 Å². The third-order valence-corrected chi connectivity index (χ3v) is 3.80. The summed E-state index contributed by atoms with van der Waals surface area (Å²) in [6.45, 7) is 8.21. The Kier molecular flexibility index (Phi) is 5.99. The second-order valence-corrected chi connectivity index (χ2v) is 6.92. The number of carbonyl (C=O) groups is 2. The van der Waals surface area contributed by atoms with Crippen LogP contribution in [-0.2, 0) is 9.59 Å². The summed E-state index contributed by atoms with van der Waals surface area (Å²) in [6, 6.07) is -0.492. The lowest BCUT2D eigenvalue weighted by atomic mass is 9.81. The molecule has 1 aliphatic rings. The van der Waals surface area contributed by atoms with Gasteiger partial charge < -0.3 is 16.4 Å². The molecular formula is C15H29N3O2. The van der Waals surface area contributed by atoms with Crippen molar-refractivity contribution in [3.05, 3.63) is 0 Å². The molecule has 0 radical (unpaired) electrons. The normalized spacial score (nSPS) is 24.9. The zero-order chi connectivity index (χ0) is 15.3. The van der Waals surface area contributed by atoms with Gasteiger partial charge in [0.15, 0.2) is 0 Å². The SMILES string of the molecule is CC(NC(=O)C1CCC(CN)CC1)C(=O)NC(C)(C)C. The van der Waals surface area contributed by atoms with Crippen LogP contribution in [0.4, 0.5) is 0 Å². The first-order chi connectivity index (χ1) is 9.23. The van der Waals surface area contributed by atoms with Crippen molar-refractivity contribution in [1.29, 1.82) is 0 Å². The molecule has 0 aromatic heterocycles. The first-order valence-corrected chi connectivity index (χ1v) is 7.55. The molecule has 5 nitrogen and oxygen atoms in total. The van der Waals surface area contributed by atoms with Crippen molar-refractivity contribution in [3.63, 3.8) is 0 Å². The largest absolute Gasteiger partial charge is 0.350 e. The van der Waals surface area contributed by atoms with Gasteiger partial charge >= 0.3 is 0 Å². The molecule has 0 spiro atoms. The Morgan fingerprint density at radius 2 is 1.75 bits per heavy atom. The molecular weight excluding hydrogens is 254 g/mol. The Morgan fingerprint density at radius 1 is 1.20 bits per heavy atom. The Labute approximate surface area is 122 Å². The van der Waals surface area contributed by atoms with E-state index in [0.717, 1.165) is 25.7 Å². The molecule has 1 atom stereocenters. The van der Waals surface area contributed by atoms with E-state index in [-0.39, 0.29) is 23.3 Å². The molecule has 4 N–H and O–H groups in total. The summed E-state index contributed by atoms with van der Waals surface area (Å²) in [7, 11) is 0. The van der Waals surface area contributed by atoms with E-state index in [9.17, 15) is 9.59 Å². The number of carbonyl (C=O) groups excluding carboxylic acids is 2. The Balaban J connectivity index is 2.40. The molecule has 0 bridgehead atoms. The van der Waals surface area contributed by atoms with Crippen LogP contribution in [0, 0.1) is 11.8 Å². The van der Waals surface area contributed by atoms with Gasteiger partial charge in [0.05, 0.1) is 0 Å². The Hall–Kier alpha value is -1.10. The molecule has 0 aliphatic heterocycles. The third-order valence-electron chi connectivity index (χ3n) is 3.80. The van der Waals surface area contributed by atoms with Gasteiger partial charge in [-0.15, -0.1) is 0 Å². The molecule has 1 saturated carbocycles. The Bertz CT molecular complexity index is 342. The van der Waals surface area contributed by atoms with Crippen molar-refractivity contribution in [2.45, 2.75) is 65.0 Å². The van der Waals surface area contributed by atoms with Crippen molar-refractivity contribution in [2.24, 2.45) is 17.6 Å². The average Bonchev–Trinajstić information content (AvgIpc) is 2.36. The van der Waals surface area contributed by atoms with Gasteiger partial charge in [-0.1, -0.05) is 0 Å². The quantitative estimate of drug-likeness (QED) is 0.724. The van der Waals surface area contributed by atoms with Crippen LogP contribution in [0.2, 0.25) is 0 Å². The van der Waals surface area contributed by atoms with Crippen LogP contribution < -0.4 is 16.4 Å². The molecule has 0 heterocycles. The highest BCUT2D eigenvalue weighted by molar-refractivity contribution is 5.88. The van der Waals surface area contributed by atoms with Crippen molar-refractivity contribution >= 4 is 11.8 Å². The summed E-state index contributed by atoms with van der Waals surface area (Å²) in [5, 5.41) is 5.70. The molecule has 20 heavy (non-hydrogen) atoms. The molecule has 2 amide bonds. The average molecular weight is 283 g/mol. The second-order valence-electron chi connectivity index (χ2n) is 6.92. The summed E-state index contributed by atoms with van der Waals surface area (Å²) in [5.41, 5.74) is 5.37. The Morgan fingerprint density at radius 3 is 2.20 bits per heavy atom. The summed E-state index contributed by atoms with van der Waals surface area (Å²) < 4.78 is 0. The van der Waals surface area contributed by atoms with Gasteiger partial charge in [0.1, 0.15) is 6.04 Å². The summed E-state index contributed by atoms with van der Waals surface area (Å²) in [6.07, 6.45) is 3.77. The maximum atomic E-state index is 12.2. The van der Waals surface area contributed by atoms with E-state index in [0.29, 0.717) is 12.5 Å². The van der Waals surface area contributed by atoms with E-state index in [2.05, 4.69) is 10.6 Å². The molecule has 0 saturated heterocycles. The standard InChI is InChI=1S/C15H29N3O2/c1-10(13(19)18-15(2,3)4)17-14(20)12-7-5-11(9-16)6-8-12/h10-12H,5-9,16H2,1-4H3,(H,17,20)(H,18,19). The van der Waals surface area contributed by atoms with Gasteiger partial charge in [-0.2, -0.15) is 0 Å². The first-order valence-electron chi connectivity index (χ1n) is 7.55. The number of nitrogens with one attached hydrogen (secondary N) is 2. The van der Waals surface area contributed by atoms with Gasteiger partial charge in [0.2, 0.25) is 11.8 Å². The molecule has 0 aromatic rings. The summed E-state index contributed by atoms with van der Waals surface area (Å²) in [4.78, 5) is 24.1. The minimum atomic E-state index is -0.492. The number of hydrogen-bond donors (Lipinski definition) is 3. The van der Waals surface area contributed by atoms with E-state index in [1.54, 1.807) is 6.92 Å². The van der Waals surface area contributed by atoms with Gasteiger partial charge in [0, 0.05) is 11.5 Å². The molecule has 0 aromatic carbocycles. The molecule has 1 aliphatic carbocycles. The zero-order valence-corrected chi connectivity index (χ0v) is 13.2. The predicted octanol–water partition coefficient (Wildman–Crippen LogP) is 1.17. The van der Waals surface area contributed by atoms with Crippen LogP contribution in [0.1, 0.15) is 53.4 Å². The maximum absolute atomic E-state index is 12.2. The monoisotopic (exact) mass is 283 g/mol. The van der Waals surface area contributed by atoms with Crippen LogP contribution >= 0.6 is 0 Å². The van der Waals surface area contributed by atoms with Crippen LogP contribution in [0.5, 0.6) is 0 Å². The van der Waals surface area contributed by atoms with Gasteiger partial charge in [-0.3, -0.25) is 9.59 Å². The highest BCUT2D eigenvalue weighted by Crippen LogP contribution is 2.28. The fraction of sp³-hybridized carbons (Fsp3) is 0.867. The molecule has 1 unspecified atom stereocenters. The number of rotatable bonds is 4. The fourth-order valence-electron chi connectivity index (χ4n) is 2.53. The van der Waals surface area contributed by atoms with Crippen LogP contribution in [-0.4, -0.2) is 29.9 Å². The molecule has 116 valence electrons. The number of nitrogens with two attached hydrogens (primary N) is 1. The van der Waals surface area contributed by atoms with Crippen molar-refractivity contribution in [3.8, 4) is 0 Å². The summed E-state index contributed by atoms with van der Waals surface area (Å²) in [5.74, 6) is 0.446. The van der Waals surface area contributed by atoms with Crippen molar-refractivity contribution in [2.75, 3.05) is 6.54 Å². The zero-order valence-electron chi connectivity index (χ0n) is 13.2. The first kappa shape index (κ1) is 17.0. The smallest absolute Gasteiger partial charge is 0.242 e. The summed E-state index contributed by atoms with van der Waals surface area (Å²) >= 11 is 0. The van der Waals surface area contributed by atoms with E-state index in [4.69, 9.17) is 5.73 Å². The molecule has 1 rings (SSSR count). The highest BCUT2D eigenvalue weighted by Gasteiger charge is 2.28. The van der Waals surface area contributed by atoms with Crippen LogP contribution in [0.15, 0.2) is 0 Å². The predicted molar refractivity (Wildman–Crippen MR) is 80.0 cm³/mol. The van der Waals surface area contributed by atoms with E-state index < -0.39 is 6.04 Å². The van der Waals surface area contributed by atoms with Gasteiger partial charge in [-0.05, 0) is 65.8 Å². The van der Waals surface area contributed by atoms with Gasteiger partial charge in [-0.25, -0.2) is 0 Å². The van der Waals surface area contributed by atoms with Crippen LogP contribution in [0.3, 0.4) is 0 Å². The van der Waals surface area contributed by atoms with E-state index in [1.165, 1.54) is 0 Å². The fourth-order valence-corrected chi connectivity index (χ4v) is 2.53. The second kappa shape index (κ2) is 7.07. The molecule has 5 heteroatoms. The van der Waals surface area contributed by atoms with Crippen LogP contribution in [0.25, 0.3) is 0 Å². The number of amides is 2. The minimum absolute atomic E-state index is 0.00275. The van der Waals surface area contributed by atoms with E-state index >= 15 is 0 Å². The number of hydrogen-bond acceptors (Lipinski definition) is 3. The lowest BCUT2D eigenvalue weighted by Crippen LogP contribution is -2.52. The van der Waals surface area contributed by atoms with Gasteiger partial charge in [0.25, 0.3) is 0 Å². The van der Waals surface area contributed by atoms with Crippen molar-refractivity contribution in [1.82, 2.24) is 10.6 Å². The minimum Gasteiger partial charge on any atom is -0.350 e. The lowest BCUT2D eigenvalue weighted by Gasteiger charge is -2.28. The maximum Gasteiger partial charge on any atom is 0.242 e.